The molecule has 1 aliphatic rings. The number of rotatable bonds is 6. The van der Waals surface area contributed by atoms with E-state index in [4.69, 9.17) is 0 Å². The van der Waals surface area contributed by atoms with Crippen molar-refractivity contribution in [2.75, 3.05) is 19.6 Å². The van der Waals surface area contributed by atoms with Crippen LogP contribution in [-0.4, -0.2) is 46.6 Å². The van der Waals surface area contributed by atoms with Gasteiger partial charge in [-0.3, -0.25) is 4.79 Å². The Balaban J connectivity index is 1.30. The summed E-state index contributed by atoms with van der Waals surface area (Å²) in [4.78, 5) is 18.3. The van der Waals surface area contributed by atoms with Crippen LogP contribution in [0.15, 0.2) is 59.1 Å². The summed E-state index contributed by atoms with van der Waals surface area (Å²) in [6, 6.07) is 16.4. The number of nitrogens with zero attached hydrogens (tertiary/aromatic N) is 3. The van der Waals surface area contributed by atoms with E-state index >= 15 is 0 Å². The van der Waals surface area contributed by atoms with Gasteiger partial charge in [0.15, 0.2) is 0 Å². The van der Waals surface area contributed by atoms with Crippen molar-refractivity contribution in [3.05, 3.63) is 71.6 Å². The maximum atomic E-state index is 12.6. The van der Waals surface area contributed by atoms with E-state index in [1.807, 2.05) is 13.0 Å². The second kappa shape index (κ2) is 9.12. The fraction of sp³-hybridized carbons (Fsp3) is 0.348. The molecule has 1 N–H and O–H groups in total. The van der Waals surface area contributed by atoms with Crippen LogP contribution in [0.5, 0.6) is 0 Å². The Labute approximate surface area is 183 Å². The molecule has 168 valence electrons. The summed E-state index contributed by atoms with van der Waals surface area (Å²) in [5, 5.41) is 6.33. The molecule has 2 heterocycles. The Kier molecular flexibility index (Phi) is 6.27. The van der Waals surface area contributed by atoms with Crippen LogP contribution in [0.2, 0.25) is 0 Å². The third-order valence-corrected chi connectivity index (χ3v) is 5.53. The van der Waals surface area contributed by atoms with Gasteiger partial charge in [0.2, 0.25) is 5.82 Å². The van der Waals surface area contributed by atoms with E-state index in [9.17, 15) is 18.0 Å². The minimum absolute atomic E-state index is 0.0525. The zero-order valence-corrected chi connectivity index (χ0v) is 17.5. The molecule has 0 unspecified atom stereocenters. The molecule has 1 amide bonds. The van der Waals surface area contributed by atoms with Gasteiger partial charge in [-0.2, -0.15) is 18.2 Å². The van der Waals surface area contributed by atoms with Crippen LogP contribution < -0.4 is 5.32 Å². The van der Waals surface area contributed by atoms with Crippen molar-refractivity contribution in [2.24, 2.45) is 0 Å². The Morgan fingerprint density at radius 1 is 1.19 bits per heavy atom. The average Bonchev–Trinajstić information content (AvgIpc) is 3.44. The van der Waals surface area contributed by atoms with Crippen molar-refractivity contribution < 1.29 is 22.5 Å². The molecular formula is C23H23F3N4O2. The first-order chi connectivity index (χ1) is 15.3. The normalized spacial score (nSPS) is 17.9. The van der Waals surface area contributed by atoms with Crippen LogP contribution in [0.3, 0.4) is 0 Å². The predicted molar refractivity (Wildman–Crippen MR) is 112 cm³/mol. The van der Waals surface area contributed by atoms with E-state index in [2.05, 4.69) is 49.1 Å². The molecule has 0 aliphatic carbocycles. The van der Waals surface area contributed by atoms with E-state index in [0.717, 1.165) is 26.1 Å². The maximum Gasteiger partial charge on any atom is 0.471 e. The van der Waals surface area contributed by atoms with Gasteiger partial charge in [-0.25, -0.2) is 0 Å². The number of aromatic nitrogens is 2. The molecule has 0 saturated carbocycles. The zero-order valence-electron chi connectivity index (χ0n) is 17.5. The zero-order chi connectivity index (χ0) is 22.7. The molecule has 4 rings (SSSR count). The molecule has 2 aromatic carbocycles. The van der Waals surface area contributed by atoms with Gasteiger partial charge in [-0.05, 0) is 43.5 Å². The second-order valence-corrected chi connectivity index (χ2v) is 8.03. The largest absolute Gasteiger partial charge is 0.471 e. The number of amides is 1. The van der Waals surface area contributed by atoms with Crippen LogP contribution >= 0.6 is 0 Å². The maximum absolute atomic E-state index is 12.6. The summed E-state index contributed by atoms with van der Waals surface area (Å²) < 4.78 is 42.1. The van der Waals surface area contributed by atoms with Crippen LogP contribution in [0.4, 0.5) is 13.2 Å². The molecule has 3 aromatic rings. The number of hydrogen-bond acceptors (Lipinski definition) is 5. The van der Waals surface area contributed by atoms with Crippen LogP contribution in [-0.2, 0) is 6.18 Å². The average molecular weight is 444 g/mol. The molecule has 1 fully saturated rings. The highest BCUT2D eigenvalue weighted by atomic mass is 19.4. The quantitative estimate of drug-likeness (QED) is 0.612. The molecule has 32 heavy (non-hydrogen) atoms. The summed E-state index contributed by atoms with van der Waals surface area (Å²) in [5.41, 5.74) is 2.08. The van der Waals surface area contributed by atoms with Gasteiger partial charge < -0.3 is 14.7 Å². The van der Waals surface area contributed by atoms with Gasteiger partial charge in [0.05, 0.1) is 0 Å². The smallest absolute Gasteiger partial charge is 0.348 e. The molecule has 2 atom stereocenters. The molecule has 0 radical (unpaired) electrons. The molecule has 9 heteroatoms. The first kappa shape index (κ1) is 22.0. The van der Waals surface area contributed by atoms with Crippen molar-refractivity contribution in [1.29, 1.82) is 0 Å². The molecule has 0 bridgehead atoms. The van der Waals surface area contributed by atoms with Crippen LogP contribution in [0, 0.1) is 0 Å². The lowest BCUT2D eigenvalue weighted by Crippen LogP contribution is -2.41. The van der Waals surface area contributed by atoms with Gasteiger partial charge in [0.1, 0.15) is 0 Å². The number of hydrogen-bond donors (Lipinski definition) is 1. The lowest BCUT2D eigenvalue weighted by Gasteiger charge is -2.22. The lowest BCUT2D eigenvalue weighted by molar-refractivity contribution is -0.159. The highest BCUT2D eigenvalue weighted by Crippen LogP contribution is 2.29. The Morgan fingerprint density at radius 3 is 2.56 bits per heavy atom. The number of halogens is 3. The summed E-state index contributed by atoms with van der Waals surface area (Å²) in [5.74, 6) is -1.32. The minimum Gasteiger partial charge on any atom is -0.348 e. The predicted octanol–water partition coefficient (Wildman–Crippen LogP) is 4.36. The Morgan fingerprint density at radius 2 is 1.91 bits per heavy atom. The van der Waals surface area contributed by atoms with Crippen molar-refractivity contribution in [3.8, 4) is 11.4 Å². The lowest BCUT2D eigenvalue weighted by atomic mass is 9.99. The number of carbonyl (C=O) groups excluding carboxylic acids is 1. The van der Waals surface area contributed by atoms with Crippen LogP contribution in [0.1, 0.15) is 41.1 Å². The number of alkyl halides is 3. The number of likely N-dealkylation sites (tertiary alicyclic amines) is 1. The highest BCUT2D eigenvalue weighted by molar-refractivity contribution is 5.94. The molecule has 1 aliphatic heterocycles. The topological polar surface area (TPSA) is 71.3 Å². The van der Waals surface area contributed by atoms with E-state index in [1.54, 1.807) is 0 Å². The number of benzene rings is 2. The Hall–Kier alpha value is -3.20. The van der Waals surface area contributed by atoms with Gasteiger partial charge in [-0.15, -0.1) is 0 Å². The van der Waals surface area contributed by atoms with Crippen molar-refractivity contribution in [1.82, 2.24) is 20.4 Å². The van der Waals surface area contributed by atoms with Gasteiger partial charge >= 0.3 is 12.1 Å². The fourth-order valence-corrected chi connectivity index (χ4v) is 3.96. The third-order valence-electron chi connectivity index (χ3n) is 5.53. The third kappa shape index (κ3) is 5.16. The highest BCUT2D eigenvalue weighted by Gasteiger charge is 2.38. The Bertz CT molecular complexity index is 1050. The van der Waals surface area contributed by atoms with Crippen molar-refractivity contribution >= 4 is 5.91 Å². The van der Waals surface area contributed by atoms with E-state index in [0.29, 0.717) is 17.0 Å². The van der Waals surface area contributed by atoms with Gasteiger partial charge in [-0.1, -0.05) is 47.6 Å². The summed E-state index contributed by atoms with van der Waals surface area (Å²) >= 11 is 0. The SMILES string of the molecule is C[C@@H](CN1CC[C@H](c2ccccc2)C1)NC(=O)c1ccc(-c2noc(C(F)(F)F)n2)cc1. The molecule has 0 spiro atoms. The first-order valence-corrected chi connectivity index (χ1v) is 10.4. The first-order valence-electron chi connectivity index (χ1n) is 10.4. The number of nitrogens with one attached hydrogen (secondary N) is 1. The van der Waals surface area contributed by atoms with Crippen molar-refractivity contribution in [3.63, 3.8) is 0 Å². The van der Waals surface area contributed by atoms with Crippen LogP contribution in [0.25, 0.3) is 11.4 Å². The second-order valence-electron chi connectivity index (χ2n) is 8.03. The molecular weight excluding hydrogens is 421 g/mol. The molecule has 1 aromatic heterocycles. The summed E-state index contributed by atoms with van der Waals surface area (Å²) in [6.07, 6.45) is -3.60. The van der Waals surface area contributed by atoms with Crippen molar-refractivity contribution in [2.45, 2.75) is 31.5 Å². The molecule has 6 nitrogen and oxygen atoms in total. The molecule has 1 saturated heterocycles. The van der Waals surface area contributed by atoms with E-state index in [-0.39, 0.29) is 17.8 Å². The number of carbonyl (C=O) groups is 1. The van der Waals surface area contributed by atoms with Gasteiger partial charge in [0, 0.05) is 30.3 Å². The summed E-state index contributed by atoms with van der Waals surface area (Å²) in [7, 11) is 0. The van der Waals surface area contributed by atoms with E-state index in [1.165, 1.54) is 29.8 Å². The minimum atomic E-state index is -4.70. The van der Waals surface area contributed by atoms with Gasteiger partial charge in [0.25, 0.3) is 5.91 Å². The monoisotopic (exact) mass is 444 g/mol. The van der Waals surface area contributed by atoms with E-state index < -0.39 is 12.1 Å². The fourth-order valence-electron chi connectivity index (χ4n) is 3.96. The summed E-state index contributed by atoms with van der Waals surface area (Å²) in [6.45, 7) is 4.65. The standard InChI is InChI=1S/C23H23F3N4O2/c1-15(13-30-12-11-19(14-30)16-5-3-2-4-6-16)27-21(31)18-9-7-17(8-10-18)20-28-22(32-29-20)23(24,25)26/h2-10,15,19H,11-14H2,1H3,(H,27,31)/t15-,19-/m0/s1.